The first-order valence-corrected chi connectivity index (χ1v) is 7.81. The minimum Gasteiger partial charge on any atom is -0.376 e. The molecule has 0 unspecified atom stereocenters. The number of anilines is 1. The third-order valence-electron chi connectivity index (χ3n) is 3.20. The number of thiocarbonyl (C=S) groups is 2. The molecule has 23 heavy (non-hydrogen) atoms. The molecule has 0 atom stereocenters. The molecule has 0 saturated heterocycles. The van der Waals surface area contributed by atoms with Gasteiger partial charge in [-0.05, 0) is 54.1 Å². The number of benzene rings is 1. The summed E-state index contributed by atoms with van der Waals surface area (Å²) in [7, 11) is 0. The van der Waals surface area contributed by atoms with Gasteiger partial charge >= 0.3 is 0 Å². The highest BCUT2D eigenvalue weighted by Gasteiger charge is 2.16. The number of hydrogen-bond donors (Lipinski definition) is 3. The summed E-state index contributed by atoms with van der Waals surface area (Å²) < 4.78 is 14.1. The number of rotatable bonds is 3. The maximum Gasteiger partial charge on any atom is 0.177 e. The van der Waals surface area contributed by atoms with E-state index in [-0.39, 0.29) is 22.0 Å². The number of aromatic nitrogens is 1. The van der Waals surface area contributed by atoms with Gasteiger partial charge in [-0.3, -0.25) is 4.98 Å². The monoisotopic (exact) mass is 348 g/mol. The first-order valence-electron chi connectivity index (χ1n) is 6.99. The summed E-state index contributed by atoms with van der Waals surface area (Å²) in [6, 6.07) is 6.61. The van der Waals surface area contributed by atoms with Crippen LogP contribution in [-0.4, -0.2) is 15.2 Å². The summed E-state index contributed by atoms with van der Waals surface area (Å²) in [4.78, 5) is 4.09. The maximum atomic E-state index is 14.1. The lowest BCUT2D eigenvalue weighted by molar-refractivity contribution is 0.624. The molecule has 0 saturated carbocycles. The minimum atomic E-state index is -0.314. The van der Waals surface area contributed by atoms with Crippen molar-refractivity contribution in [2.75, 3.05) is 5.32 Å². The van der Waals surface area contributed by atoms with E-state index in [1.165, 1.54) is 12.1 Å². The fraction of sp³-hybridized carbons (Fsp3) is 0.188. The van der Waals surface area contributed by atoms with E-state index in [0.717, 1.165) is 11.1 Å². The molecule has 0 aliphatic carbocycles. The van der Waals surface area contributed by atoms with E-state index in [0.29, 0.717) is 11.3 Å². The van der Waals surface area contributed by atoms with E-state index >= 15 is 0 Å². The van der Waals surface area contributed by atoms with E-state index in [1.54, 1.807) is 18.5 Å². The lowest BCUT2D eigenvalue weighted by Gasteiger charge is -2.20. The first-order chi connectivity index (χ1) is 10.9. The molecule has 2 aromatic rings. The molecule has 0 fully saturated rings. The number of nitrogens with one attached hydrogen (secondary N) is 2. The Labute approximate surface area is 145 Å². The number of pyridine rings is 1. The largest absolute Gasteiger partial charge is 0.376 e. The molecule has 0 aliphatic heterocycles. The predicted octanol–water partition coefficient (Wildman–Crippen LogP) is 3.54. The van der Waals surface area contributed by atoms with Crippen LogP contribution in [0, 0.1) is 5.82 Å². The highest BCUT2D eigenvalue weighted by atomic mass is 32.1. The van der Waals surface area contributed by atoms with Crippen LogP contribution in [0.25, 0.3) is 11.1 Å². The molecule has 4 nitrogen and oxygen atoms in total. The van der Waals surface area contributed by atoms with Gasteiger partial charge in [0.2, 0.25) is 0 Å². The van der Waals surface area contributed by atoms with Gasteiger partial charge in [0.25, 0.3) is 0 Å². The molecule has 120 valence electrons. The molecule has 1 heterocycles. The Hall–Kier alpha value is -2.12. The Kier molecular flexibility index (Phi) is 5.57. The standard InChI is InChI=1S/C16H17FN4S2/c1-9(2)12-6-11(17)7-13(10-4-3-5-19-8-10)14(12)20-16(23)21-15(18)22/h3-9H,1-2H3,(H4,18,20,21,22,23). The molecule has 7 heteroatoms. The quantitative estimate of drug-likeness (QED) is 0.738. The van der Waals surface area contributed by atoms with Crippen LogP contribution in [0.15, 0.2) is 36.7 Å². The topological polar surface area (TPSA) is 63.0 Å². The average molecular weight is 348 g/mol. The molecule has 4 N–H and O–H groups in total. The summed E-state index contributed by atoms with van der Waals surface area (Å²) >= 11 is 9.99. The number of hydrogen-bond acceptors (Lipinski definition) is 3. The maximum absolute atomic E-state index is 14.1. The van der Waals surface area contributed by atoms with E-state index in [9.17, 15) is 4.39 Å². The molecule has 0 bridgehead atoms. The summed E-state index contributed by atoms with van der Waals surface area (Å²) in [6.45, 7) is 3.97. The van der Waals surface area contributed by atoms with Crippen LogP contribution in [0.4, 0.5) is 10.1 Å². The van der Waals surface area contributed by atoms with Crippen molar-refractivity contribution in [2.24, 2.45) is 5.73 Å². The SMILES string of the molecule is CC(C)c1cc(F)cc(-c2cccnc2)c1NC(=S)NC(N)=S. The van der Waals surface area contributed by atoms with E-state index in [1.807, 2.05) is 19.9 Å². The van der Waals surface area contributed by atoms with E-state index in [2.05, 4.69) is 15.6 Å². The van der Waals surface area contributed by atoms with Gasteiger partial charge in [0.1, 0.15) is 5.82 Å². The summed E-state index contributed by atoms with van der Waals surface area (Å²) in [6.07, 6.45) is 3.34. The Morgan fingerprint density at radius 3 is 2.61 bits per heavy atom. The molecule has 2 rings (SSSR count). The van der Waals surface area contributed by atoms with Crippen molar-refractivity contribution in [3.05, 3.63) is 48.0 Å². The Morgan fingerprint density at radius 2 is 2.04 bits per heavy atom. The summed E-state index contributed by atoms with van der Waals surface area (Å²) in [5, 5.41) is 6.08. The van der Waals surface area contributed by atoms with Gasteiger partial charge in [-0.1, -0.05) is 19.9 Å². The number of nitrogens with zero attached hydrogens (tertiary/aromatic N) is 1. The molecular formula is C16H17FN4S2. The molecule has 1 aromatic carbocycles. The van der Waals surface area contributed by atoms with Gasteiger partial charge < -0.3 is 16.4 Å². The van der Waals surface area contributed by atoms with Gasteiger partial charge in [-0.15, -0.1) is 0 Å². The van der Waals surface area contributed by atoms with Crippen molar-refractivity contribution in [2.45, 2.75) is 19.8 Å². The lowest BCUT2D eigenvalue weighted by atomic mass is 9.94. The molecule has 0 amide bonds. The molecule has 0 radical (unpaired) electrons. The van der Waals surface area contributed by atoms with Crippen molar-refractivity contribution in [3.8, 4) is 11.1 Å². The Morgan fingerprint density at radius 1 is 1.30 bits per heavy atom. The van der Waals surface area contributed by atoms with Crippen molar-refractivity contribution < 1.29 is 4.39 Å². The van der Waals surface area contributed by atoms with Crippen LogP contribution >= 0.6 is 24.4 Å². The molecule has 0 spiro atoms. The predicted molar refractivity (Wildman–Crippen MR) is 99.9 cm³/mol. The third kappa shape index (κ3) is 4.43. The number of halogens is 1. The number of nitrogens with two attached hydrogens (primary N) is 1. The fourth-order valence-corrected chi connectivity index (χ4v) is 2.61. The van der Waals surface area contributed by atoms with Crippen LogP contribution in [0.1, 0.15) is 25.3 Å². The van der Waals surface area contributed by atoms with Gasteiger partial charge in [0, 0.05) is 23.5 Å². The second-order valence-corrected chi connectivity index (χ2v) is 6.11. The zero-order valence-electron chi connectivity index (χ0n) is 12.8. The van der Waals surface area contributed by atoms with Gasteiger partial charge in [-0.2, -0.15) is 0 Å². The normalized spacial score (nSPS) is 10.4. The second-order valence-electron chi connectivity index (χ2n) is 5.26. The zero-order chi connectivity index (χ0) is 17.0. The van der Waals surface area contributed by atoms with Crippen molar-refractivity contribution >= 4 is 40.3 Å². The summed E-state index contributed by atoms with van der Waals surface area (Å²) in [5.74, 6) is -0.220. The van der Waals surface area contributed by atoms with Crippen LogP contribution < -0.4 is 16.4 Å². The smallest absolute Gasteiger partial charge is 0.177 e. The molecule has 0 aliphatic rings. The van der Waals surface area contributed by atoms with Crippen LogP contribution in [0.2, 0.25) is 0 Å². The fourth-order valence-electron chi connectivity index (χ4n) is 2.23. The van der Waals surface area contributed by atoms with Gasteiger partial charge in [0.05, 0.1) is 5.69 Å². The lowest BCUT2D eigenvalue weighted by Crippen LogP contribution is -2.38. The minimum absolute atomic E-state index is 0.0682. The Balaban J connectivity index is 2.56. The van der Waals surface area contributed by atoms with E-state index < -0.39 is 0 Å². The first kappa shape index (κ1) is 17.2. The Bertz CT molecular complexity index is 732. The third-order valence-corrected chi connectivity index (χ3v) is 3.51. The highest BCUT2D eigenvalue weighted by Crippen LogP contribution is 2.35. The van der Waals surface area contributed by atoms with Crippen molar-refractivity contribution in [1.29, 1.82) is 0 Å². The van der Waals surface area contributed by atoms with Crippen LogP contribution in [-0.2, 0) is 0 Å². The molecule has 1 aromatic heterocycles. The highest BCUT2D eigenvalue weighted by molar-refractivity contribution is 7.82. The van der Waals surface area contributed by atoms with Crippen LogP contribution in [0.3, 0.4) is 0 Å². The van der Waals surface area contributed by atoms with Crippen molar-refractivity contribution in [1.82, 2.24) is 10.3 Å². The van der Waals surface area contributed by atoms with E-state index in [4.69, 9.17) is 30.2 Å². The second kappa shape index (κ2) is 7.43. The average Bonchev–Trinajstić information content (AvgIpc) is 2.48. The zero-order valence-corrected chi connectivity index (χ0v) is 14.4. The molecular weight excluding hydrogens is 331 g/mol. The van der Waals surface area contributed by atoms with Crippen molar-refractivity contribution in [3.63, 3.8) is 0 Å². The summed E-state index contributed by atoms with van der Waals surface area (Å²) in [5.41, 5.74) is 8.42. The van der Waals surface area contributed by atoms with Gasteiger partial charge in [0.15, 0.2) is 10.2 Å². The van der Waals surface area contributed by atoms with Crippen LogP contribution in [0.5, 0.6) is 0 Å². The van der Waals surface area contributed by atoms with Gasteiger partial charge in [-0.25, -0.2) is 4.39 Å².